The van der Waals surface area contributed by atoms with Crippen molar-refractivity contribution in [1.29, 1.82) is 0 Å². The molecule has 0 radical (unpaired) electrons. The third-order valence-corrected chi connectivity index (χ3v) is 5.60. The summed E-state index contributed by atoms with van der Waals surface area (Å²) in [5.41, 5.74) is 3.02. The van der Waals surface area contributed by atoms with Gasteiger partial charge in [0.1, 0.15) is 24.4 Å². The highest BCUT2D eigenvalue weighted by Crippen LogP contribution is 2.28. The summed E-state index contributed by atoms with van der Waals surface area (Å²) in [5, 5.41) is 20.8. The summed E-state index contributed by atoms with van der Waals surface area (Å²) in [6.45, 7) is 1.26. The van der Waals surface area contributed by atoms with Crippen LogP contribution in [0.3, 0.4) is 0 Å². The van der Waals surface area contributed by atoms with Crippen LogP contribution in [-0.2, 0) is 38.8 Å². The topological polar surface area (TPSA) is 77.4 Å². The second-order valence-electron chi connectivity index (χ2n) is 8.08. The van der Waals surface area contributed by atoms with Crippen LogP contribution in [0.2, 0.25) is 0 Å². The molecule has 4 unspecified atom stereocenters. The Morgan fingerprint density at radius 3 is 1.79 bits per heavy atom. The van der Waals surface area contributed by atoms with E-state index in [0.29, 0.717) is 13.2 Å². The maximum absolute atomic E-state index is 10.5. The lowest BCUT2D eigenvalue weighted by molar-refractivity contribution is -0.170. The van der Waals surface area contributed by atoms with Gasteiger partial charge in [-0.15, -0.1) is 0 Å². The number of ether oxygens (including phenoxy) is 4. The first-order valence-electron chi connectivity index (χ1n) is 11.1. The van der Waals surface area contributed by atoms with Gasteiger partial charge in [-0.25, -0.2) is 0 Å². The molecule has 0 bridgehead atoms. The molecule has 33 heavy (non-hydrogen) atoms. The van der Waals surface area contributed by atoms with Crippen LogP contribution in [0.5, 0.6) is 0 Å². The van der Waals surface area contributed by atoms with E-state index in [1.165, 1.54) is 0 Å². The van der Waals surface area contributed by atoms with Gasteiger partial charge in [0.05, 0.1) is 26.4 Å². The van der Waals surface area contributed by atoms with Crippen LogP contribution in [0, 0.1) is 0 Å². The van der Waals surface area contributed by atoms with Crippen LogP contribution in [0.4, 0.5) is 0 Å². The van der Waals surface area contributed by atoms with Gasteiger partial charge < -0.3 is 29.2 Å². The second kappa shape index (κ2) is 12.0. The zero-order valence-electron chi connectivity index (χ0n) is 18.4. The fourth-order valence-electron chi connectivity index (χ4n) is 3.82. The van der Waals surface area contributed by atoms with Crippen molar-refractivity contribution in [3.63, 3.8) is 0 Å². The molecule has 6 heteroatoms. The molecule has 6 nitrogen and oxygen atoms in total. The first-order chi connectivity index (χ1) is 16.2. The van der Waals surface area contributed by atoms with Crippen LogP contribution in [-0.4, -0.2) is 47.5 Å². The minimum Gasteiger partial charge on any atom is -0.385 e. The van der Waals surface area contributed by atoms with Gasteiger partial charge in [-0.3, -0.25) is 0 Å². The molecule has 0 aromatic heterocycles. The summed E-state index contributed by atoms with van der Waals surface area (Å²) in [5.74, 6) is 0. The molecule has 0 aliphatic carbocycles. The van der Waals surface area contributed by atoms with Crippen LogP contribution < -0.4 is 0 Å². The van der Waals surface area contributed by atoms with Crippen LogP contribution in [0.1, 0.15) is 16.7 Å². The Morgan fingerprint density at radius 1 is 0.697 bits per heavy atom. The smallest absolute Gasteiger partial charge is 0.184 e. The van der Waals surface area contributed by atoms with E-state index < -0.39 is 30.7 Å². The van der Waals surface area contributed by atoms with Crippen molar-refractivity contribution in [2.75, 3.05) is 6.61 Å². The van der Waals surface area contributed by atoms with Gasteiger partial charge in [0, 0.05) is 0 Å². The summed E-state index contributed by atoms with van der Waals surface area (Å²) in [7, 11) is 0. The zero-order valence-corrected chi connectivity index (χ0v) is 18.4. The maximum atomic E-state index is 10.5. The van der Waals surface area contributed by atoms with Gasteiger partial charge in [-0.05, 0) is 16.7 Å². The normalized spacial score (nSPS) is 23.5. The van der Waals surface area contributed by atoms with Crippen LogP contribution >= 0.6 is 0 Å². The highest BCUT2D eigenvalue weighted by atomic mass is 16.7. The zero-order chi connectivity index (χ0) is 22.9. The fraction of sp³-hybridized carbons (Fsp3) is 0.333. The Balaban J connectivity index is 1.44. The van der Waals surface area contributed by atoms with Crippen molar-refractivity contribution in [3.8, 4) is 0 Å². The van der Waals surface area contributed by atoms with Crippen molar-refractivity contribution in [2.24, 2.45) is 0 Å². The Labute approximate surface area is 194 Å². The Kier molecular flexibility index (Phi) is 8.60. The van der Waals surface area contributed by atoms with Crippen molar-refractivity contribution in [2.45, 2.75) is 50.5 Å². The first kappa shape index (κ1) is 23.6. The largest absolute Gasteiger partial charge is 0.385 e. The van der Waals surface area contributed by atoms with E-state index in [-0.39, 0.29) is 13.2 Å². The van der Waals surface area contributed by atoms with Crippen molar-refractivity contribution in [3.05, 3.63) is 108 Å². The molecule has 0 spiro atoms. The molecule has 1 fully saturated rings. The molecule has 5 atom stereocenters. The van der Waals surface area contributed by atoms with Gasteiger partial charge >= 0.3 is 0 Å². The Morgan fingerprint density at radius 2 is 1.21 bits per heavy atom. The lowest BCUT2D eigenvalue weighted by atomic mass is 10.1. The monoisotopic (exact) mass is 450 g/mol. The number of rotatable bonds is 11. The first-order valence-corrected chi connectivity index (χ1v) is 11.1. The highest BCUT2D eigenvalue weighted by Gasteiger charge is 2.48. The van der Waals surface area contributed by atoms with Gasteiger partial charge in [0.2, 0.25) is 0 Å². The molecule has 2 N–H and O–H groups in total. The van der Waals surface area contributed by atoms with Gasteiger partial charge in [-0.1, -0.05) is 91.0 Å². The van der Waals surface area contributed by atoms with E-state index in [2.05, 4.69) is 0 Å². The second-order valence-corrected chi connectivity index (χ2v) is 8.08. The van der Waals surface area contributed by atoms with E-state index in [0.717, 1.165) is 16.7 Å². The van der Waals surface area contributed by atoms with E-state index in [1.807, 2.05) is 91.0 Å². The summed E-state index contributed by atoms with van der Waals surface area (Å²) in [6, 6.07) is 29.3. The predicted molar refractivity (Wildman–Crippen MR) is 123 cm³/mol. The molecule has 3 aromatic carbocycles. The third-order valence-electron chi connectivity index (χ3n) is 5.60. The lowest BCUT2D eigenvalue weighted by Gasteiger charge is -2.28. The number of aliphatic hydroxyl groups is 2. The molecule has 1 aliphatic rings. The van der Waals surface area contributed by atoms with Crippen molar-refractivity contribution >= 4 is 0 Å². The minimum atomic E-state index is -1.35. The van der Waals surface area contributed by atoms with E-state index >= 15 is 0 Å². The summed E-state index contributed by atoms with van der Waals surface area (Å²) in [6.07, 6.45) is -4.55. The molecule has 0 saturated carbocycles. The molecule has 1 heterocycles. The van der Waals surface area contributed by atoms with E-state index in [9.17, 15) is 10.2 Å². The van der Waals surface area contributed by atoms with Crippen LogP contribution in [0.25, 0.3) is 0 Å². The highest BCUT2D eigenvalue weighted by molar-refractivity contribution is 5.15. The lowest BCUT2D eigenvalue weighted by Crippen LogP contribution is -2.44. The molecular weight excluding hydrogens is 420 g/mol. The number of hydrogen-bond donors (Lipinski definition) is 2. The molecule has 174 valence electrons. The van der Waals surface area contributed by atoms with Crippen LogP contribution in [0.15, 0.2) is 91.0 Å². The fourth-order valence-corrected chi connectivity index (χ4v) is 3.82. The van der Waals surface area contributed by atoms with Crippen molar-refractivity contribution in [1.82, 2.24) is 0 Å². The maximum Gasteiger partial charge on any atom is 0.184 e. The number of hydrogen-bond acceptors (Lipinski definition) is 6. The molecule has 1 saturated heterocycles. The molecular formula is C27H30O6. The number of aliphatic hydroxyl groups excluding tert-OH is 2. The molecule has 1 aliphatic heterocycles. The summed E-state index contributed by atoms with van der Waals surface area (Å²) >= 11 is 0. The standard InChI is InChI=1S/C27H30O6/c28-24-26(32-18-22-14-8-3-9-15-22)25(33-27(24)29)23(31-17-21-12-6-2-7-13-21)19-30-16-20-10-4-1-5-11-20/h1-15,23-29H,16-19H2/t23-,24?,25?,26?,27?/m1/s1. The third kappa shape index (κ3) is 6.71. The van der Waals surface area contributed by atoms with Crippen molar-refractivity contribution < 1.29 is 29.2 Å². The summed E-state index contributed by atoms with van der Waals surface area (Å²) in [4.78, 5) is 0. The molecule has 3 aromatic rings. The summed E-state index contributed by atoms with van der Waals surface area (Å²) < 4.78 is 23.8. The Hall–Kier alpha value is -2.58. The predicted octanol–water partition coefficient (Wildman–Crippen LogP) is 3.45. The average Bonchev–Trinajstić information content (AvgIpc) is 3.15. The van der Waals surface area contributed by atoms with Gasteiger partial charge in [0.25, 0.3) is 0 Å². The Bertz CT molecular complexity index is 937. The quantitative estimate of drug-likeness (QED) is 0.466. The SMILES string of the molecule is OC1OC([C@@H](COCc2ccccc2)OCc2ccccc2)C(OCc2ccccc2)C1O. The number of benzene rings is 3. The average molecular weight is 451 g/mol. The van der Waals surface area contributed by atoms with E-state index in [1.54, 1.807) is 0 Å². The molecule has 4 rings (SSSR count). The van der Waals surface area contributed by atoms with Gasteiger partial charge in [0.15, 0.2) is 6.29 Å². The van der Waals surface area contributed by atoms with Gasteiger partial charge in [-0.2, -0.15) is 0 Å². The van der Waals surface area contributed by atoms with E-state index in [4.69, 9.17) is 18.9 Å². The minimum absolute atomic E-state index is 0.219. The molecule has 0 amide bonds.